The van der Waals surface area contributed by atoms with Gasteiger partial charge in [0.1, 0.15) is 11.6 Å². The highest BCUT2D eigenvalue weighted by Crippen LogP contribution is 2.38. The van der Waals surface area contributed by atoms with Crippen molar-refractivity contribution in [1.29, 1.82) is 0 Å². The van der Waals surface area contributed by atoms with Gasteiger partial charge in [0.15, 0.2) is 0 Å². The fraction of sp³-hybridized carbons (Fsp3) is 0.375. The molecule has 0 aromatic heterocycles. The minimum Gasteiger partial charge on any atom is -0.378 e. The first kappa shape index (κ1) is 27.1. The minimum absolute atomic E-state index is 0.0464. The standard InChI is InChI=1S/C32H34Br2N2O2/c33-23-13-17-25(18-14-23)35-31(27-5-1-3-7-29(27)37)21-9-11-22(12-10-21)32(28-6-2-4-8-30(28)38)36-26-19-15-24(34)16-20-26/h9-20,27-28,31-32,35-36H,1-8H2. The Labute approximate surface area is 242 Å². The van der Waals surface area contributed by atoms with Gasteiger partial charge in [0.05, 0.1) is 12.1 Å². The lowest BCUT2D eigenvalue weighted by atomic mass is 9.78. The summed E-state index contributed by atoms with van der Waals surface area (Å²) >= 11 is 7.03. The lowest BCUT2D eigenvalue weighted by Crippen LogP contribution is -2.31. The van der Waals surface area contributed by atoms with Crippen molar-refractivity contribution >= 4 is 54.8 Å². The molecule has 6 heteroatoms. The second-order valence-electron chi connectivity index (χ2n) is 10.6. The lowest BCUT2D eigenvalue weighted by Gasteiger charge is -2.33. The summed E-state index contributed by atoms with van der Waals surface area (Å²) in [6.07, 6.45) is 7.24. The lowest BCUT2D eigenvalue weighted by molar-refractivity contribution is -0.125. The van der Waals surface area contributed by atoms with Gasteiger partial charge in [0.25, 0.3) is 0 Å². The number of hydrogen-bond donors (Lipinski definition) is 2. The van der Waals surface area contributed by atoms with Crippen LogP contribution in [0.1, 0.15) is 74.6 Å². The van der Waals surface area contributed by atoms with Crippen molar-refractivity contribution in [2.24, 2.45) is 11.8 Å². The fourth-order valence-electron chi connectivity index (χ4n) is 5.92. The third-order valence-electron chi connectivity index (χ3n) is 8.00. The van der Waals surface area contributed by atoms with E-state index in [2.05, 4.69) is 66.8 Å². The SMILES string of the molecule is O=C1CCCCC1C(Nc1ccc(Br)cc1)c1ccc(C(Nc2ccc(Br)cc2)C2CCCCC2=O)cc1. The van der Waals surface area contributed by atoms with Gasteiger partial charge in [-0.25, -0.2) is 0 Å². The number of benzene rings is 3. The first-order valence-electron chi connectivity index (χ1n) is 13.7. The smallest absolute Gasteiger partial charge is 0.138 e. The summed E-state index contributed by atoms with van der Waals surface area (Å²) in [6, 6.07) is 24.7. The zero-order valence-corrected chi connectivity index (χ0v) is 24.6. The van der Waals surface area contributed by atoms with Crippen LogP contribution in [0.4, 0.5) is 11.4 Å². The van der Waals surface area contributed by atoms with E-state index in [9.17, 15) is 9.59 Å². The Bertz CT molecular complexity index is 1140. The zero-order valence-electron chi connectivity index (χ0n) is 21.5. The predicted molar refractivity (Wildman–Crippen MR) is 161 cm³/mol. The topological polar surface area (TPSA) is 58.2 Å². The first-order valence-corrected chi connectivity index (χ1v) is 15.3. The number of Topliss-reactive ketones (excluding diaryl/α,β-unsaturated/α-hetero) is 2. The van der Waals surface area contributed by atoms with Gasteiger partial charge < -0.3 is 10.6 Å². The molecule has 0 radical (unpaired) electrons. The normalized spacial score (nSPS) is 21.5. The molecule has 3 aromatic rings. The molecular formula is C32H34Br2N2O2. The van der Waals surface area contributed by atoms with Gasteiger partial charge in [-0.05, 0) is 85.3 Å². The Morgan fingerprint density at radius 1 is 0.553 bits per heavy atom. The Hall–Kier alpha value is -2.44. The van der Waals surface area contributed by atoms with Crippen LogP contribution in [-0.4, -0.2) is 11.6 Å². The summed E-state index contributed by atoms with van der Waals surface area (Å²) < 4.78 is 2.05. The van der Waals surface area contributed by atoms with Crippen molar-refractivity contribution in [3.05, 3.63) is 92.9 Å². The number of hydrogen-bond acceptors (Lipinski definition) is 4. The van der Waals surface area contributed by atoms with Crippen LogP contribution in [0.3, 0.4) is 0 Å². The number of halogens is 2. The van der Waals surface area contributed by atoms with Crippen LogP contribution < -0.4 is 10.6 Å². The summed E-state index contributed by atoms with van der Waals surface area (Å²) in [6.45, 7) is 0. The number of nitrogens with one attached hydrogen (secondary N) is 2. The summed E-state index contributed by atoms with van der Waals surface area (Å²) in [5.41, 5.74) is 4.22. The summed E-state index contributed by atoms with van der Waals surface area (Å²) in [5, 5.41) is 7.34. The molecule has 0 heterocycles. The Morgan fingerprint density at radius 3 is 1.26 bits per heavy atom. The molecule has 2 saturated carbocycles. The van der Waals surface area contributed by atoms with E-state index in [1.807, 2.05) is 48.5 Å². The van der Waals surface area contributed by atoms with E-state index in [1.54, 1.807) is 0 Å². The molecule has 2 N–H and O–H groups in total. The van der Waals surface area contributed by atoms with E-state index < -0.39 is 0 Å². The summed E-state index contributed by atoms with van der Waals surface area (Å²) in [7, 11) is 0. The molecule has 0 spiro atoms. The zero-order chi connectivity index (χ0) is 26.5. The average Bonchev–Trinajstić information content (AvgIpc) is 2.94. The van der Waals surface area contributed by atoms with E-state index in [0.717, 1.165) is 70.0 Å². The number of anilines is 2. The molecule has 0 saturated heterocycles. The molecule has 0 bridgehead atoms. The van der Waals surface area contributed by atoms with Crippen molar-refractivity contribution < 1.29 is 9.59 Å². The largest absolute Gasteiger partial charge is 0.378 e. The van der Waals surface area contributed by atoms with E-state index in [4.69, 9.17) is 0 Å². The molecule has 3 aromatic carbocycles. The van der Waals surface area contributed by atoms with Crippen molar-refractivity contribution in [3.8, 4) is 0 Å². The molecule has 198 valence electrons. The molecular weight excluding hydrogens is 604 g/mol. The van der Waals surface area contributed by atoms with Crippen LogP contribution in [0, 0.1) is 11.8 Å². The van der Waals surface area contributed by atoms with Crippen LogP contribution in [0.5, 0.6) is 0 Å². The van der Waals surface area contributed by atoms with Crippen molar-refractivity contribution in [2.75, 3.05) is 10.6 Å². The number of carbonyl (C=O) groups is 2. The second kappa shape index (κ2) is 12.6. The highest BCUT2D eigenvalue weighted by Gasteiger charge is 2.33. The van der Waals surface area contributed by atoms with Gasteiger partial charge >= 0.3 is 0 Å². The van der Waals surface area contributed by atoms with E-state index in [1.165, 1.54) is 0 Å². The Kier molecular flexibility index (Phi) is 9.01. The minimum atomic E-state index is -0.0905. The first-order chi connectivity index (χ1) is 18.5. The molecule has 38 heavy (non-hydrogen) atoms. The molecule has 2 fully saturated rings. The quantitative estimate of drug-likeness (QED) is 0.259. The molecule has 4 nitrogen and oxygen atoms in total. The van der Waals surface area contributed by atoms with Crippen molar-refractivity contribution in [2.45, 2.75) is 63.5 Å². The molecule has 0 amide bonds. The van der Waals surface area contributed by atoms with E-state index >= 15 is 0 Å². The van der Waals surface area contributed by atoms with E-state index in [-0.39, 0.29) is 23.9 Å². The maximum atomic E-state index is 13.0. The van der Waals surface area contributed by atoms with Crippen LogP contribution >= 0.6 is 31.9 Å². The molecule has 4 unspecified atom stereocenters. The Balaban J connectivity index is 1.44. The van der Waals surface area contributed by atoms with Gasteiger partial charge in [-0.2, -0.15) is 0 Å². The van der Waals surface area contributed by atoms with Gasteiger partial charge in [0, 0.05) is 45.0 Å². The average molecular weight is 638 g/mol. The second-order valence-corrected chi connectivity index (χ2v) is 12.4. The van der Waals surface area contributed by atoms with Crippen LogP contribution in [0.2, 0.25) is 0 Å². The van der Waals surface area contributed by atoms with Crippen molar-refractivity contribution in [1.82, 2.24) is 0 Å². The van der Waals surface area contributed by atoms with Crippen molar-refractivity contribution in [3.63, 3.8) is 0 Å². The van der Waals surface area contributed by atoms with Gasteiger partial charge in [-0.1, -0.05) is 69.0 Å². The predicted octanol–water partition coefficient (Wildman–Crippen LogP) is 9.04. The summed E-state index contributed by atoms with van der Waals surface area (Å²) in [4.78, 5) is 26.0. The van der Waals surface area contributed by atoms with Gasteiger partial charge in [0.2, 0.25) is 0 Å². The van der Waals surface area contributed by atoms with Gasteiger partial charge in [-0.3, -0.25) is 9.59 Å². The van der Waals surface area contributed by atoms with E-state index in [0.29, 0.717) is 24.4 Å². The maximum absolute atomic E-state index is 13.0. The number of carbonyl (C=O) groups excluding carboxylic acids is 2. The highest BCUT2D eigenvalue weighted by molar-refractivity contribution is 9.10. The van der Waals surface area contributed by atoms with Crippen LogP contribution in [0.25, 0.3) is 0 Å². The number of ketones is 2. The maximum Gasteiger partial charge on any atom is 0.138 e. The molecule has 2 aliphatic carbocycles. The molecule has 4 atom stereocenters. The summed E-state index contributed by atoms with van der Waals surface area (Å²) in [5.74, 6) is 0.597. The molecule has 2 aliphatic rings. The Morgan fingerprint density at radius 2 is 0.921 bits per heavy atom. The van der Waals surface area contributed by atoms with Gasteiger partial charge in [-0.15, -0.1) is 0 Å². The third kappa shape index (κ3) is 6.58. The molecule has 0 aliphatic heterocycles. The number of rotatable bonds is 8. The fourth-order valence-corrected chi connectivity index (χ4v) is 6.45. The third-order valence-corrected chi connectivity index (χ3v) is 9.05. The monoisotopic (exact) mass is 636 g/mol. The van der Waals surface area contributed by atoms with Crippen LogP contribution in [0.15, 0.2) is 81.7 Å². The molecule has 5 rings (SSSR count). The van der Waals surface area contributed by atoms with Crippen LogP contribution in [-0.2, 0) is 9.59 Å². The highest BCUT2D eigenvalue weighted by atomic mass is 79.9.